The van der Waals surface area contributed by atoms with Crippen molar-refractivity contribution in [2.24, 2.45) is 11.0 Å². The molecule has 5 heterocycles. The average molecular weight is 367 g/mol. The van der Waals surface area contributed by atoms with Crippen LogP contribution in [0, 0.1) is 18.3 Å². The van der Waals surface area contributed by atoms with E-state index in [4.69, 9.17) is 14.8 Å². The van der Waals surface area contributed by atoms with E-state index in [-0.39, 0.29) is 17.6 Å². The topological polar surface area (TPSA) is 63.5 Å². The van der Waals surface area contributed by atoms with E-state index in [0.29, 0.717) is 17.8 Å². The standard InChI is InChI=1S/C19H21N5OS/c1-19(2,3)14-10-26-18(22-14)16-12-8-11-4-5-13(25-11)17(12)24(23-16)15-9-20-6-7-21-15/h9-13,17H,4-5,8H2,1-3H3. The molecule has 3 aliphatic rings. The minimum absolute atomic E-state index is 0.0391. The van der Waals surface area contributed by atoms with Crippen molar-refractivity contribution in [3.63, 3.8) is 0 Å². The molecule has 2 aromatic rings. The number of hydrogen-bond donors (Lipinski definition) is 0. The highest BCUT2D eigenvalue weighted by Gasteiger charge is 2.52. The van der Waals surface area contributed by atoms with Crippen LogP contribution in [0.5, 0.6) is 0 Å². The summed E-state index contributed by atoms with van der Waals surface area (Å²) < 4.78 is 6.21. The number of ether oxygens (including phenoxy) is 1. The van der Waals surface area contributed by atoms with Crippen LogP contribution in [0.4, 0.5) is 5.82 Å². The Labute approximate surface area is 157 Å². The third-order valence-corrected chi connectivity index (χ3v) is 6.36. The predicted molar refractivity (Wildman–Crippen MR) is 99.3 cm³/mol. The van der Waals surface area contributed by atoms with Crippen LogP contribution in [0.2, 0.25) is 0 Å². The van der Waals surface area contributed by atoms with E-state index in [1.165, 1.54) is 0 Å². The number of rotatable bonds is 2. The molecule has 3 aliphatic heterocycles. The van der Waals surface area contributed by atoms with Crippen molar-refractivity contribution in [1.82, 2.24) is 15.0 Å². The van der Waals surface area contributed by atoms with Gasteiger partial charge in [0.2, 0.25) is 0 Å². The van der Waals surface area contributed by atoms with Gasteiger partial charge in [-0.15, -0.1) is 11.3 Å². The molecule has 2 saturated heterocycles. The molecule has 2 fully saturated rings. The third kappa shape index (κ3) is 2.51. The molecule has 0 N–H and O–H groups in total. The molecule has 134 valence electrons. The molecule has 6 nitrogen and oxygen atoms in total. The maximum Gasteiger partial charge on any atom is 0.179 e. The molecule has 7 heteroatoms. The Morgan fingerprint density at radius 1 is 1.27 bits per heavy atom. The van der Waals surface area contributed by atoms with Crippen LogP contribution in [0.1, 0.15) is 50.7 Å². The zero-order valence-corrected chi connectivity index (χ0v) is 16.0. The summed E-state index contributed by atoms with van der Waals surface area (Å²) in [6.45, 7) is 6.58. The lowest BCUT2D eigenvalue weighted by atomic mass is 9.87. The summed E-state index contributed by atoms with van der Waals surface area (Å²) in [5, 5.41) is 10.1. The van der Waals surface area contributed by atoms with E-state index < -0.39 is 0 Å². The smallest absolute Gasteiger partial charge is 0.179 e. The number of hydrogen-bond acceptors (Lipinski definition) is 7. The largest absolute Gasteiger partial charge is 0.373 e. The fourth-order valence-electron chi connectivity index (χ4n) is 4.18. The predicted octanol–water partition coefficient (Wildman–Crippen LogP) is 2.99. The Balaban J connectivity index is 1.57. The molecule has 4 atom stereocenters. The first kappa shape index (κ1) is 16.2. The van der Waals surface area contributed by atoms with Crippen molar-refractivity contribution in [3.05, 3.63) is 34.7 Å². The van der Waals surface area contributed by atoms with Crippen LogP contribution in [-0.4, -0.2) is 38.9 Å². The van der Waals surface area contributed by atoms with Crippen molar-refractivity contribution in [1.29, 1.82) is 0 Å². The first-order valence-electron chi connectivity index (χ1n) is 9.11. The Morgan fingerprint density at radius 3 is 2.88 bits per heavy atom. The summed E-state index contributed by atoms with van der Waals surface area (Å²) in [5.74, 6) is 1.03. The zero-order valence-electron chi connectivity index (χ0n) is 15.1. The maximum absolute atomic E-state index is 6.21. The summed E-state index contributed by atoms with van der Waals surface area (Å²) in [7, 11) is 0. The SMILES string of the molecule is CC(C)(C)c1csc(C2=NN(c3cnc#cn3)C3C4CCC(CC23)O4)n1. The van der Waals surface area contributed by atoms with Gasteiger partial charge in [0, 0.05) is 16.7 Å². The lowest BCUT2D eigenvalue weighted by Crippen LogP contribution is -2.47. The average Bonchev–Trinajstić information content (AvgIpc) is 3.33. The molecular weight excluding hydrogens is 346 g/mol. The summed E-state index contributed by atoms with van der Waals surface area (Å²) in [6, 6.07) is 0.163. The van der Waals surface area contributed by atoms with Crippen molar-refractivity contribution >= 4 is 22.9 Å². The van der Waals surface area contributed by atoms with Crippen molar-refractivity contribution < 1.29 is 4.74 Å². The monoisotopic (exact) mass is 367 g/mol. The van der Waals surface area contributed by atoms with Gasteiger partial charge in [-0.1, -0.05) is 20.8 Å². The summed E-state index contributed by atoms with van der Waals surface area (Å²) in [4.78, 5) is 13.3. The maximum atomic E-state index is 6.21. The van der Waals surface area contributed by atoms with Gasteiger partial charge in [0.15, 0.2) is 5.82 Å². The van der Waals surface area contributed by atoms with E-state index >= 15 is 0 Å². The molecule has 0 radical (unpaired) electrons. The Morgan fingerprint density at radius 2 is 2.15 bits per heavy atom. The molecule has 0 saturated carbocycles. The quantitative estimate of drug-likeness (QED) is 0.816. The molecule has 2 aromatic heterocycles. The Bertz CT molecular complexity index is 843. The number of hydrazone groups is 1. The number of nitrogens with zero attached hydrogens (tertiary/aromatic N) is 5. The van der Waals surface area contributed by atoms with E-state index in [0.717, 1.165) is 35.7 Å². The molecule has 0 amide bonds. The zero-order chi connectivity index (χ0) is 17.9. The van der Waals surface area contributed by atoms with Gasteiger partial charge in [-0.25, -0.2) is 15.0 Å². The lowest BCUT2D eigenvalue weighted by molar-refractivity contribution is -0.0184. The van der Waals surface area contributed by atoms with Gasteiger partial charge in [-0.05, 0) is 19.3 Å². The lowest BCUT2D eigenvalue weighted by Gasteiger charge is -2.35. The number of anilines is 1. The first-order chi connectivity index (χ1) is 12.5. The third-order valence-electron chi connectivity index (χ3n) is 5.49. The second-order valence-electron chi connectivity index (χ2n) is 8.28. The highest BCUT2D eigenvalue weighted by atomic mass is 32.1. The highest BCUT2D eigenvalue weighted by Crippen LogP contribution is 2.45. The van der Waals surface area contributed by atoms with Gasteiger partial charge in [0.1, 0.15) is 10.7 Å². The van der Waals surface area contributed by atoms with Crippen LogP contribution >= 0.6 is 11.3 Å². The molecule has 26 heavy (non-hydrogen) atoms. The van der Waals surface area contributed by atoms with E-state index in [1.807, 2.05) is 5.01 Å². The number of fused-ring (bicyclic) bond motifs is 4. The van der Waals surface area contributed by atoms with Gasteiger partial charge in [-0.2, -0.15) is 10.1 Å². The molecule has 0 aromatic carbocycles. The minimum Gasteiger partial charge on any atom is -0.373 e. The van der Waals surface area contributed by atoms with Crippen LogP contribution in [-0.2, 0) is 10.2 Å². The molecule has 4 unspecified atom stereocenters. The van der Waals surface area contributed by atoms with Crippen LogP contribution in [0.3, 0.4) is 0 Å². The van der Waals surface area contributed by atoms with E-state index in [1.54, 1.807) is 17.5 Å². The van der Waals surface area contributed by atoms with Gasteiger partial charge < -0.3 is 4.74 Å². The summed E-state index contributed by atoms with van der Waals surface area (Å²) in [6.07, 6.45) is 10.8. The fourth-order valence-corrected chi connectivity index (χ4v) is 5.27. The normalized spacial score (nSPS) is 30.1. The van der Waals surface area contributed by atoms with Crippen LogP contribution in [0.15, 0.2) is 16.7 Å². The second-order valence-corrected chi connectivity index (χ2v) is 9.13. The Kier molecular flexibility index (Phi) is 3.56. The Hall–Kier alpha value is -2.04. The van der Waals surface area contributed by atoms with Crippen molar-refractivity contribution in [2.45, 2.75) is 63.7 Å². The van der Waals surface area contributed by atoms with Gasteiger partial charge >= 0.3 is 0 Å². The minimum atomic E-state index is 0.0391. The molecule has 2 bridgehead atoms. The first-order valence-corrected chi connectivity index (χ1v) is 9.99. The number of aromatic nitrogens is 3. The molecular formula is C19H21N5OS. The van der Waals surface area contributed by atoms with E-state index in [2.05, 4.69) is 48.5 Å². The second kappa shape index (κ2) is 5.73. The van der Waals surface area contributed by atoms with Crippen LogP contribution < -0.4 is 5.01 Å². The number of thiazole rings is 1. The van der Waals surface area contributed by atoms with Gasteiger partial charge in [0.05, 0.1) is 42.5 Å². The van der Waals surface area contributed by atoms with Crippen LogP contribution in [0.25, 0.3) is 0 Å². The van der Waals surface area contributed by atoms with Crippen molar-refractivity contribution in [2.75, 3.05) is 5.01 Å². The highest BCUT2D eigenvalue weighted by molar-refractivity contribution is 7.11. The van der Waals surface area contributed by atoms with Gasteiger partial charge in [-0.3, -0.25) is 0 Å². The molecule has 0 aliphatic carbocycles. The van der Waals surface area contributed by atoms with Crippen molar-refractivity contribution in [3.8, 4) is 0 Å². The molecule has 5 rings (SSSR count). The summed E-state index contributed by atoms with van der Waals surface area (Å²) in [5.41, 5.74) is 2.23. The molecule has 0 spiro atoms. The summed E-state index contributed by atoms with van der Waals surface area (Å²) >= 11 is 1.69. The fraction of sp³-hybridized carbons (Fsp3) is 0.579. The van der Waals surface area contributed by atoms with Gasteiger partial charge in [0.25, 0.3) is 0 Å². The van der Waals surface area contributed by atoms with E-state index in [9.17, 15) is 0 Å².